The largest absolute Gasteiger partial charge is 0.456 e. The zero-order valence-corrected chi connectivity index (χ0v) is 19.0. The summed E-state index contributed by atoms with van der Waals surface area (Å²) in [6.45, 7) is 3.96. The number of piperidine rings is 1. The molecule has 11 heteroatoms. The van der Waals surface area contributed by atoms with Gasteiger partial charge in [0.25, 0.3) is 0 Å². The van der Waals surface area contributed by atoms with Crippen molar-refractivity contribution in [2.24, 2.45) is 5.41 Å². The van der Waals surface area contributed by atoms with Crippen molar-refractivity contribution < 1.29 is 14.3 Å². The van der Waals surface area contributed by atoms with Crippen LogP contribution >= 0.6 is 0 Å². The van der Waals surface area contributed by atoms with E-state index in [-0.39, 0.29) is 18.0 Å². The summed E-state index contributed by atoms with van der Waals surface area (Å²) in [4.78, 5) is 38.1. The van der Waals surface area contributed by atoms with Gasteiger partial charge in [0.2, 0.25) is 0 Å². The van der Waals surface area contributed by atoms with Crippen LogP contribution in [0.15, 0.2) is 30.0 Å². The molecule has 0 unspecified atom stereocenters. The smallest absolute Gasteiger partial charge is 0.335 e. The van der Waals surface area contributed by atoms with Gasteiger partial charge in [-0.05, 0) is 56.5 Å². The molecule has 3 aliphatic rings. The van der Waals surface area contributed by atoms with Gasteiger partial charge in [0.1, 0.15) is 12.9 Å². The van der Waals surface area contributed by atoms with E-state index in [4.69, 9.17) is 4.74 Å². The van der Waals surface area contributed by atoms with Gasteiger partial charge in [-0.15, -0.1) is 5.10 Å². The van der Waals surface area contributed by atoms with Crippen LogP contribution < -0.4 is 0 Å². The van der Waals surface area contributed by atoms with Gasteiger partial charge in [0, 0.05) is 24.5 Å². The fraction of sp³-hybridized carbons (Fsp3) is 0.591. The van der Waals surface area contributed by atoms with Gasteiger partial charge in [-0.2, -0.15) is 4.68 Å². The third kappa shape index (κ3) is 4.12. The van der Waals surface area contributed by atoms with Crippen LogP contribution in [0, 0.1) is 5.41 Å². The van der Waals surface area contributed by atoms with E-state index in [2.05, 4.69) is 37.4 Å². The molecule has 1 aliphatic carbocycles. The molecule has 1 saturated heterocycles. The molecule has 33 heavy (non-hydrogen) atoms. The fourth-order valence-electron chi connectivity index (χ4n) is 5.26. The Kier molecular flexibility index (Phi) is 5.65. The van der Waals surface area contributed by atoms with Gasteiger partial charge in [-0.25, -0.2) is 9.78 Å². The van der Waals surface area contributed by atoms with Gasteiger partial charge >= 0.3 is 5.97 Å². The molecule has 0 radical (unpaired) electrons. The van der Waals surface area contributed by atoms with E-state index in [1.54, 1.807) is 19.3 Å². The molecule has 0 atom stereocenters. The zero-order chi connectivity index (χ0) is 23.0. The summed E-state index contributed by atoms with van der Waals surface area (Å²) in [6.07, 6.45) is 9.55. The molecular weight excluding hydrogens is 424 g/mol. The summed E-state index contributed by atoms with van der Waals surface area (Å²) < 4.78 is 6.60. The van der Waals surface area contributed by atoms with Gasteiger partial charge in [-0.1, -0.05) is 0 Å². The number of esters is 1. The first-order valence-electron chi connectivity index (χ1n) is 11.3. The Morgan fingerprint density at radius 1 is 1.18 bits per heavy atom. The summed E-state index contributed by atoms with van der Waals surface area (Å²) in [5.41, 5.74) is 2.18. The van der Waals surface area contributed by atoms with Crippen molar-refractivity contribution >= 4 is 11.8 Å². The molecule has 0 amide bonds. The van der Waals surface area contributed by atoms with Gasteiger partial charge in [0.05, 0.1) is 35.9 Å². The average Bonchev–Trinajstić information content (AvgIpc) is 3.48. The van der Waals surface area contributed by atoms with Gasteiger partial charge in [0.15, 0.2) is 11.6 Å². The van der Waals surface area contributed by atoms with E-state index in [1.165, 1.54) is 11.0 Å². The van der Waals surface area contributed by atoms with Crippen molar-refractivity contribution in [3.05, 3.63) is 35.7 Å². The lowest BCUT2D eigenvalue weighted by atomic mass is 9.66. The highest BCUT2D eigenvalue weighted by atomic mass is 16.5. The minimum absolute atomic E-state index is 0.223. The molecule has 0 aromatic carbocycles. The summed E-state index contributed by atoms with van der Waals surface area (Å²) in [6, 6.07) is 0.410. The third-order valence-corrected chi connectivity index (χ3v) is 7.47. The van der Waals surface area contributed by atoms with E-state index in [0.29, 0.717) is 36.3 Å². The SMILES string of the molecule is CC1=C(N2CC[C@]3(CC[C@H](N(C)Cc4cnc(-n5cnnn5)cn4)CC3)C(=O)C2)COC1=O. The minimum Gasteiger partial charge on any atom is -0.456 e. The van der Waals surface area contributed by atoms with Crippen molar-refractivity contribution in [3.8, 4) is 5.82 Å². The average molecular weight is 453 g/mol. The predicted octanol–water partition coefficient (Wildman–Crippen LogP) is 0.919. The molecule has 1 saturated carbocycles. The number of rotatable bonds is 5. The van der Waals surface area contributed by atoms with Gasteiger partial charge < -0.3 is 9.64 Å². The zero-order valence-electron chi connectivity index (χ0n) is 19.0. The third-order valence-electron chi connectivity index (χ3n) is 7.47. The van der Waals surface area contributed by atoms with Crippen LogP contribution in [-0.2, 0) is 20.9 Å². The first-order valence-corrected chi connectivity index (χ1v) is 11.3. The molecular formula is C22H28N8O3. The maximum absolute atomic E-state index is 13.2. The van der Waals surface area contributed by atoms with Crippen molar-refractivity contribution in [2.45, 2.75) is 51.6 Å². The Morgan fingerprint density at radius 2 is 2.00 bits per heavy atom. The Labute approximate surface area is 191 Å². The van der Waals surface area contributed by atoms with Crippen LogP contribution in [-0.4, -0.2) is 84.5 Å². The van der Waals surface area contributed by atoms with Crippen molar-refractivity contribution in [1.82, 2.24) is 40.0 Å². The highest BCUT2D eigenvalue weighted by molar-refractivity contribution is 5.92. The summed E-state index contributed by atoms with van der Waals surface area (Å²) in [7, 11) is 2.11. The number of hydrogen-bond acceptors (Lipinski definition) is 10. The molecule has 0 N–H and O–H groups in total. The number of ketones is 1. The Balaban J connectivity index is 1.15. The lowest BCUT2D eigenvalue weighted by Crippen LogP contribution is -2.51. The molecule has 0 bridgehead atoms. The van der Waals surface area contributed by atoms with Crippen LogP contribution in [0.4, 0.5) is 0 Å². The lowest BCUT2D eigenvalue weighted by molar-refractivity contribution is -0.136. The fourth-order valence-corrected chi connectivity index (χ4v) is 5.26. The van der Waals surface area contributed by atoms with E-state index < -0.39 is 0 Å². The highest BCUT2D eigenvalue weighted by Gasteiger charge is 2.46. The quantitative estimate of drug-likeness (QED) is 0.606. The van der Waals surface area contributed by atoms with Gasteiger partial charge in [-0.3, -0.25) is 14.7 Å². The monoisotopic (exact) mass is 452 g/mol. The molecule has 5 rings (SSSR count). The van der Waals surface area contributed by atoms with Crippen molar-refractivity contribution in [1.29, 1.82) is 0 Å². The topological polar surface area (TPSA) is 119 Å². The van der Waals surface area contributed by atoms with E-state index in [1.807, 2.05) is 4.90 Å². The first kappa shape index (κ1) is 21.6. The van der Waals surface area contributed by atoms with E-state index in [0.717, 1.165) is 50.0 Å². The second-order valence-corrected chi connectivity index (χ2v) is 9.29. The Bertz CT molecular complexity index is 1060. The maximum atomic E-state index is 13.2. The number of Topliss-reactive ketones (excluding diaryl/α,β-unsaturated/α-hetero) is 1. The second-order valence-electron chi connectivity index (χ2n) is 9.29. The van der Waals surface area contributed by atoms with E-state index >= 15 is 0 Å². The van der Waals surface area contributed by atoms with Crippen molar-refractivity contribution in [3.63, 3.8) is 0 Å². The molecule has 2 aromatic rings. The number of nitrogens with zero attached hydrogens (tertiary/aromatic N) is 8. The summed E-state index contributed by atoms with van der Waals surface area (Å²) in [5.74, 6) is 0.616. The number of aromatic nitrogens is 6. The predicted molar refractivity (Wildman–Crippen MR) is 116 cm³/mol. The molecule has 2 fully saturated rings. The van der Waals surface area contributed by atoms with Crippen LogP contribution in [0.5, 0.6) is 0 Å². The first-order chi connectivity index (χ1) is 15.9. The number of ether oxygens (including phenoxy) is 1. The number of carbonyl (C=O) groups is 2. The highest BCUT2D eigenvalue weighted by Crippen LogP contribution is 2.44. The van der Waals surface area contributed by atoms with E-state index in [9.17, 15) is 9.59 Å². The maximum Gasteiger partial charge on any atom is 0.335 e. The molecule has 2 aliphatic heterocycles. The number of carbonyl (C=O) groups excluding carboxylic acids is 2. The Hall–Kier alpha value is -3.21. The molecule has 174 valence electrons. The lowest BCUT2D eigenvalue weighted by Gasteiger charge is -2.46. The van der Waals surface area contributed by atoms with Crippen LogP contribution in [0.1, 0.15) is 44.7 Å². The normalized spacial score (nSPS) is 25.9. The minimum atomic E-state index is -0.268. The number of likely N-dealkylation sites (tertiary alicyclic amines) is 1. The van der Waals surface area contributed by atoms with Crippen LogP contribution in [0.25, 0.3) is 5.82 Å². The standard InChI is InChI=1S/C22H28N8O3/c1-15-18(13-33-21(15)32)29-8-7-22(19(31)12-29)5-3-17(4-6-22)28(2)11-16-9-24-20(10-23-16)30-14-25-26-27-30/h9-10,14,17H,3-8,11-13H2,1-2H3/t17-,22+. The van der Waals surface area contributed by atoms with Crippen LogP contribution in [0.2, 0.25) is 0 Å². The second kappa shape index (κ2) is 8.62. The number of cyclic esters (lactones) is 1. The summed E-state index contributed by atoms with van der Waals surface area (Å²) in [5, 5.41) is 11.0. The molecule has 2 aromatic heterocycles. The molecule has 4 heterocycles. The molecule has 11 nitrogen and oxygen atoms in total. The Morgan fingerprint density at radius 3 is 2.61 bits per heavy atom. The summed E-state index contributed by atoms with van der Waals surface area (Å²) >= 11 is 0. The van der Waals surface area contributed by atoms with Crippen LogP contribution in [0.3, 0.4) is 0 Å². The number of hydrogen-bond donors (Lipinski definition) is 0. The number of tetrazole rings is 1. The molecule has 1 spiro atoms. The van der Waals surface area contributed by atoms with Crippen molar-refractivity contribution in [2.75, 3.05) is 26.7 Å².